The maximum atomic E-state index is 10.8. The molecule has 0 amide bonds. The summed E-state index contributed by atoms with van der Waals surface area (Å²) in [4.78, 5) is 15.1. The van der Waals surface area contributed by atoms with Crippen LogP contribution >= 0.6 is 0 Å². The molecule has 0 saturated heterocycles. The number of carbonyl (C=O) groups excluding carboxylic acids is 1. The molecule has 0 spiro atoms. The molecule has 70 valence electrons. The molecule has 14 heavy (non-hydrogen) atoms. The molecule has 0 atom stereocenters. The number of para-hydroxylation sites is 1. The van der Waals surface area contributed by atoms with Crippen LogP contribution in [0.1, 0.15) is 23.0 Å². The first-order chi connectivity index (χ1) is 6.85. The van der Waals surface area contributed by atoms with E-state index in [4.69, 9.17) is 0 Å². The first-order valence-corrected chi connectivity index (χ1v) is 4.69. The molecule has 1 heterocycles. The maximum Gasteiger partial charge on any atom is 0.168 e. The van der Waals surface area contributed by atoms with Gasteiger partial charge in [0.15, 0.2) is 6.29 Å². The van der Waals surface area contributed by atoms with Gasteiger partial charge < -0.3 is 0 Å². The molecular weight excluding hydrogens is 174 g/mol. The lowest BCUT2D eigenvalue weighted by Gasteiger charge is -2.03. The number of aromatic nitrogens is 1. The number of benzene rings is 1. The molecule has 0 aliphatic carbocycles. The molecule has 2 rings (SSSR count). The molecule has 0 aliphatic rings. The lowest BCUT2D eigenvalue weighted by atomic mass is 10.1. The second-order valence-electron chi connectivity index (χ2n) is 3.20. The highest BCUT2D eigenvalue weighted by molar-refractivity contribution is 5.85. The van der Waals surface area contributed by atoms with E-state index in [0.29, 0.717) is 5.69 Å². The van der Waals surface area contributed by atoms with E-state index in [1.165, 1.54) is 0 Å². The number of rotatable bonds is 2. The standard InChI is InChI=1S/C12H11NO/c1-2-9-7-10-5-3-4-6-11(10)13-12(9)8-14/h3-8H,2H2,1H3. The van der Waals surface area contributed by atoms with Gasteiger partial charge in [0, 0.05) is 5.39 Å². The van der Waals surface area contributed by atoms with Crippen molar-refractivity contribution in [2.24, 2.45) is 0 Å². The summed E-state index contributed by atoms with van der Waals surface area (Å²) in [5, 5.41) is 1.09. The molecule has 0 unspecified atom stereocenters. The number of fused-ring (bicyclic) bond motifs is 1. The normalized spacial score (nSPS) is 10.4. The van der Waals surface area contributed by atoms with Crippen molar-refractivity contribution < 1.29 is 4.79 Å². The van der Waals surface area contributed by atoms with Gasteiger partial charge >= 0.3 is 0 Å². The van der Waals surface area contributed by atoms with E-state index in [-0.39, 0.29) is 0 Å². The molecule has 0 aliphatic heterocycles. The molecule has 0 radical (unpaired) electrons. The lowest BCUT2D eigenvalue weighted by molar-refractivity contribution is 0.111. The Morgan fingerprint density at radius 2 is 2.14 bits per heavy atom. The van der Waals surface area contributed by atoms with Gasteiger partial charge in [0.05, 0.1) is 5.52 Å². The van der Waals surface area contributed by atoms with Crippen LogP contribution in [0.2, 0.25) is 0 Å². The number of hydrogen-bond donors (Lipinski definition) is 0. The molecular formula is C12H11NO. The Kier molecular flexibility index (Phi) is 2.27. The average Bonchev–Trinajstić information content (AvgIpc) is 2.27. The molecule has 0 fully saturated rings. The van der Waals surface area contributed by atoms with Gasteiger partial charge in [-0.1, -0.05) is 25.1 Å². The molecule has 2 nitrogen and oxygen atoms in total. The molecule has 0 bridgehead atoms. The number of nitrogens with zero attached hydrogens (tertiary/aromatic N) is 1. The smallest absolute Gasteiger partial charge is 0.168 e. The fraction of sp³-hybridized carbons (Fsp3) is 0.167. The maximum absolute atomic E-state index is 10.8. The largest absolute Gasteiger partial charge is 0.296 e. The summed E-state index contributed by atoms with van der Waals surface area (Å²) in [6, 6.07) is 9.86. The van der Waals surface area contributed by atoms with Gasteiger partial charge in [-0.15, -0.1) is 0 Å². The summed E-state index contributed by atoms with van der Waals surface area (Å²) < 4.78 is 0. The van der Waals surface area contributed by atoms with E-state index < -0.39 is 0 Å². The molecule has 2 heteroatoms. The number of pyridine rings is 1. The first-order valence-electron chi connectivity index (χ1n) is 4.69. The minimum Gasteiger partial charge on any atom is -0.296 e. The second kappa shape index (κ2) is 3.58. The third-order valence-corrected chi connectivity index (χ3v) is 2.33. The van der Waals surface area contributed by atoms with Gasteiger partial charge in [-0.3, -0.25) is 4.79 Å². The van der Waals surface area contributed by atoms with E-state index in [1.807, 2.05) is 37.3 Å². The molecule has 1 aromatic heterocycles. The average molecular weight is 185 g/mol. The Bertz CT molecular complexity index is 477. The van der Waals surface area contributed by atoms with Gasteiger partial charge in [-0.05, 0) is 24.1 Å². The van der Waals surface area contributed by atoms with Gasteiger partial charge in [0.2, 0.25) is 0 Å². The van der Waals surface area contributed by atoms with E-state index in [2.05, 4.69) is 4.98 Å². The van der Waals surface area contributed by atoms with Gasteiger partial charge in [-0.25, -0.2) is 4.98 Å². The van der Waals surface area contributed by atoms with E-state index >= 15 is 0 Å². The van der Waals surface area contributed by atoms with Crippen molar-refractivity contribution in [2.45, 2.75) is 13.3 Å². The number of aryl methyl sites for hydroxylation is 1. The second-order valence-corrected chi connectivity index (χ2v) is 3.20. The monoisotopic (exact) mass is 185 g/mol. The highest BCUT2D eigenvalue weighted by Gasteiger charge is 2.03. The van der Waals surface area contributed by atoms with Gasteiger partial charge in [0.1, 0.15) is 5.69 Å². The molecule has 0 N–H and O–H groups in total. The van der Waals surface area contributed by atoms with Crippen LogP contribution in [0.4, 0.5) is 0 Å². The molecule has 0 saturated carbocycles. The van der Waals surface area contributed by atoms with Crippen molar-refractivity contribution in [1.29, 1.82) is 0 Å². The number of carbonyl (C=O) groups is 1. The number of aldehydes is 1. The van der Waals surface area contributed by atoms with Crippen molar-refractivity contribution >= 4 is 17.2 Å². The fourth-order valence-electron chi connectivity index (χ4n) is 1.56. The van der Waals surface area contributed by atoms with Crippen LogP contribution in [0.25, 0.3) is 10.9 Å². The topological polar surface area (TPSA) is 30.0 Å². The third kappa shape index (κ3) is 1.39. The minimum atomic E-state index is 0.561. The van der Waals surface area contributed by atoms with Gasteiger partial charge in [-0.2, -0.15) is 0 Å². The molecule has 2 aromatic rings. The first kappa shape index (κ1) is 8.88. The number of hydrogen-bond acceptors (Lipinski definition) is 2. The van der Waals surface area contributed by atoms with Crippen LogP contribution in [0.15, 0.2) is 30.3 Å². The zero-order valence-corrected chi connectivity index (χ0v) is 8.03. The summed E-state index contributed by atoms with van der Waals surface area (Å²) >= 11 is 0. The van der Waals surface area contributed by atoms with Crippen molar-refractivity contribution in [1.82, 2.24) is 4.98 Å². The summed E-state index contributed by atoms with van der Waals surface area (Å²) in [6.07, 6.45) is 1.66. The van der Waals surface area contributed by atoms with Crippen LogP contribution in [0.3, 0.4) is 0 Å². The van der Waals surface area contributed by atoms with Crippen molar-refractivity contribution in [3.8, 4) is 0 Å². The summed E-state index contributed by atoms with van der Waals surface area (Å²) in [5.41, 5.74) is 2.46. The highest BCUT2D eigenvalue weighted by atomic mass is 16.1. The van der Waals surface area contributed by atoms with Crippen LogP contribution in [0, 0.1) is 0 Å². The zero-order valence-electron chi connectivity index (χ0n) is 8.03. The van der Waals surface area contributed by atoms with E-state index in [1.54, 1.807) is 0 Å². The predicted molar refractivity (Wildman–Crippen MR) is 56.5 cm³/mol. The highest BCUT2D eigenvalue weighted by Crippen LogP contribution is 2.15. The predicted octanol–water partition coefficient (Wildman–Crippen LogP) is 2.61. The van der Waals surface area contributed by atoms with Crippen LogP contribution < -0.4 is 0 Å². The van der Waals surface area contributed by atoms with Crippen LogP contribution in [0.5, 0.6) is 0 Å². The van der Waals surface area contributed by atoms with Gasteiger partial charge in [0.25, 0.3) is 0 Å². The Labute approximate surface area is 82.6 Å². The van der Waals surface area contributed by atoms with Crippen molar-refractivity contribution in [3.63, 3.8) is 0 Å². The lowest BCUT2D eigenvalue weighted by Crippen LogP contribution is -1.95. The van der Waals surface area contributed by atoms with E-state index in [0.717, 1.165) is 29.2 Å². The van der Waals surface area contributed by atoms with Crippen LogP contribution in [-0.4, -0.2) is 11.3 Å². The molecule has 1 aromatic carbocycles. The Morgan fingerprint density at radius 3 is 2.86 bits per heavy atom. The summed E-state index contributed by atoms with van der Waals surface area (Å²) in [7, 11) is 0. The Balaban J connectivity index is 2.75. The van der Waals surface area contributed by atoms with Crippen molar-refractivity contribution in [2.75, 3.05) is 0 Å². The summed E-state index contributed by atoms with van der Waals surface area (Å²) in [6.45, 7) is 2.03. The zero-order chi connectivity index (χ0) is 9.97. The van der Waals surface area contributed by atoms with Crippen molar-refractivity contribution in [3.05, 3.63) is 41.6 Å². The quantitative estimate of drug-likeness (QED) is 0.673. The third-order valence-electron chi connectivity index (χ3n) is 2.33. The fourth-order valence-corrected chi connectivity index (χ4v) is 1.56. The Morgan fingerprint density at radius 1 is 1.36 bits per heavy atom. The Hall–Kier alpha value is -1.70. The SMILES string of the molecule is CCc1cc2ccccc2nc1C=O. The van der Waals surface area contributed by atoms with Crippen LogP contribution in [-0.2, 0) is 6.42 Å². The minimum absolute atomic E-state index is 0.561. The van der Waals surface area contributed by atoms with E-state index in [9.17, 15) is 4.79 Å². The summed E-state index contributed by atoms with van der Waals surface area (Å²) in [5.74, 6) is 0.